The van der Waals surface area contributed by atoms with E-state index in [2.05, 4.69) is 5.32 Å². The third-order valence-corrected chi connectivity index (χ3v) is 4.80. The van der Waals surface area contributed by atoms with Gasteiger partial charge in [-0.3, -0.25) is 9.59 Å². The van der Waals surface area contributed by atoms with E-state index in [-0.39, 0.29) is 22.8 Å². The molecule has 1 aliphatic heterocycles. The highest BCUT2D eigenvalue weighted by molar-refractivity contribution is 6.30. The van der Waals surface area contributed by atoms with Crippen molar-refractivity contribution in [2.45, 2.75) is 12.8 Å². The summed E-state index contributed by atoms with van der Waals surface area (Å²) in [4.78, 5) is 26.6. The predicted octanol–water partition coefficient (Wildman–Crippen LogP) is 4.37. The summed E-state index contributed by atoms with van der Waals surface area (Å²) in [5.74, 6) is -0.985. The second kappa shape index (κ2) is 8.82. The fourth-order valence-corrected chi connectivity index (χ4v) is 3.24. The second-order valence-electron chi connectivity index (χ2n) is 6.49. The van der Waals surface area contributed by atoms with Gasteiger partial charge in [0.25, 0.3) is 0 Å². The number of para-hydroxylation sites is 1. The van der Waals surface area contributed by atoms with Crippen LogP contribution in [0.3, 0.4) is 0 Å². The number of carbonyl (C=O) groups is 2. The summed E-state index contributed by atoms with van der Waals surface area (Å²) in [5, 5.41) is 2.91. The standard InChI is InChI=1S/C21H20ClFN2O2/c22-18-13-15(8-10-19(18)23)9-11-20(26)25-12-4-5-16(14-25)21(27)24-17-6-2-1-3-7-17/h1-3,6-11,13,16H,4-5,12,14H2,(H,24,27)/b11-9+. The van der Waals surface area contributed by atoms with Crippen molar-refractivity contribution in [2.24, 2.45) is 5.92 Å². The van der Waals surface area contributed by atoms with Crippen molar-refractivity contribution in [1.82, 2.24) is 4.90 Å². The fourth-order valence-electron chi connectivity index (χ4n) is 3.05. The van der Waals surface area contributed by atoms with Gasteiger partial charge in [0.15, 0.2) is 0 Å². The zero-order chi connectivity index (χ0) is 19.2. The lowest BCUT2D eigenvalue weighted by atomic mass is 9.97. The van der Waals surface area contributed by atoms with Crippen LogP contribution < -0.4 is 5.32 Å². The Kier molecular flexibility index (Phi) is 6.24. The third-order valence-electron chi connectivity index (χ3n) is 4.51. The first-order chi connectivity index (χ1) is 13.0. The summed E-state index contributed by atoms with van der Waals surface area (Å²) >= 11 is 5.75. The highest BCUT2D eigenvalue weighted by atomic mass is 35.5. The van der Waals surface area contributed by atoms with Crippen LogP contribution in [0, 0.1) is 11.7 Å². The van der Waals surface area contributed by atoms with Gasteiger partial charge in [0.1, 0.15) is 5.82 Å². The molecule has 2 aromatic carbocycles. The number of carbonyl (C=O) groups excluding carboxylic acids is 2. The number of benzene rings is 2. The first-order valence-electron chi connectivity index (χ1n) is 8.81. The first-order valence-corrected chi connectivity index (χ1v) is 9.18. The molecule has 1 saturated heterocycles. The third kappa shape index (κ3) is 5.17. The molecule has 1 atom stereocenters. The highest BCUT2D eigenvalue weighted by Gasteiger charge is 2.27. The van der Waals surface area contributed by atoms with Gasteiger partial charge < -0.3 is 10.2 Å². The van der Waals surface area contributed by atoms with Crippen molar-refractivity contribution in [3.05, 3.63) is 71.0 Å². The van der Waals surface area contributed by atoms with Gasteiger partial charge in [0, 0.05) is 24.9 Å². The highest BCUT2D eigenvalue weighted by Crippen LogP contribution is 2.20. The van der Waals surface area contributed by atoms with Crippen LogP contribution in [0.5, 0.6) is 0 Å². The maximum absolute atomic E-state index is 13.2. The van der Waals surface area contributed by atoms with Crippen molar-refractivity contribution < 1.29 is 14.0 Å². The summed E-state index contributed by atoms with van der Waals surface area (Å²) in [6.45, 7) is 0.995. The Morgan fingerprint density at radius 2 is 1.96 bits per heavy atom. The molecule has 3 rings (SSSR count). The number of amides is 2. The zero-order valence-corrected chi connectivity index (χ0v) is 15.5. The van der Waals surface area contributed by atoms with Gasteiger partial charge in [0.2, 0.25) is 11.8 Å². The molecule has 27 heavy (non-hydrogen) atoms. The molecule has 1 unspecified atom stereocenters. The fraction of sp³-hybridized carbons (Fsp3) is 0.238. The molecule has 140 valence electrons. The van der Waals surface area contributed by atoms with Crippen molar-refractivity contribution in [3.8, 4) is 0 Å². The molecule has 2 aromatic rings. The maximum Gasteiger partial charge on any atom is 0.246 e. The van der Waals surface area contributed by atoms with Crippen molar-refractivity contribution in [2.75, 3.05) is 18.4 Å². The molecule has 1 heterocycles. The van der Waals surface area contributed by atoms with Crippen LogP contribution in [0.1, 0.15) is 18.4 Å². The van der Waals surface area contributed by atoms with Gasteiger partial charge in [-0.2, -0.15) is 0 Å². The summed E-state index contributed by atoms with van der Waals surface area (Å²) < 4.78 is 13.2. The number of anilines is 1. The van der Waals surface area contributed by atoms with Gasteiger partial charge in [-0.15, -0.1) is 0 Å². The number of hydrogen-bond donors (Lipinski definition) is 1. The van der Waals surface area contributed by atoms with E-state index < -0.39 is 5.82 Å². The molecule has 0 saturated carbocycles. The monoisotopic (exact) mass is 386 g/mol. The minimum absolute atomic E-state index is 0.0141. The number of likely N-dealkylation sites (tertiary alicyclic amines) is 1. The molecule has 1 aliphatic rings. The van der Waals surface area contributed by atoms with E-state index in [0.29, 0.717) is 18.7 Å². The van der Waals surface area contributed by atoms with Gasteiger partial charge in [-0.25, -0.2) is 4.39 Å². The molecular formula is C21H20ClFN2O2. The molecule has 0 aromatic heterocycles. The summed E-state index contributed by atoms with van der Waals surface area (Å²) in [5.41, 5.74) is 1.39. The van der Waals surface area contributed by atoms with Crippen LogP contribution in [0.25, 0.3) is 6.08 Å². The second-order valence-corrected chi connectivity index (χ2v) is 6.89. The van der Waals surface area contributed by atoms with Crippen LogP contribution in [0.2, 0.25) is 5.02 Å². The number of halogens is 2. The van der Waals surface area contributed by atoms with Crippen LogP contribution in [0.15, 0.2) is 54.6 Å². The quantitative estimate of drug-likeness (QED) is 0.793. The Balaban J connectivity index is 1.59. The normalized spacial score (nSPS) is 17.1. The number of hydrogen-bond acceptors (Lipinski definition) is 2. The average molecular weight is 387 g/mol. The van der Waals surface area contributed by atoms with Crippen molar-refractivity contribution in [1.29, 1.82) is 0 Å². The van der Waals surface area contributed by atoms with E-state index in [1.165, 1.54) is 18.2 Å². The Bertz CT molecular complexity index is 855. The molecule has 0 spiro atoms. The Morgan fingerprint density at radius 1 is 1.19 bits per heavy atom. The number of nitrogens with zero attached hydrogens (tertiary/aromatic N) is 1. The average Bonchev–Trinajstić information content (AvgIpc) is 2.69. The number of nitrogens with one attached hydrogen (secondary N) is 1. The molecular weight excluding hydrogens is 367 g/mol. The van der Waals surface area contributed by atoms with Gasteiger partial charge >= 0.3 is 0 Å². The van der Waals surface area contributed by atoms with E-state index in [9.17, 15) is 14.0 Å². The number of rotatable bonds is 4. The van der Waals surface area contributed by atoms with Crippen molar-refractivity contribution in [3.63, 3.8) is 0 Å². The summed E-state index contributed by atoms with van der Waals surface area (Å²) in [6, 6.07) is 13.6. The maximum atomic E-state index is 13.2. The number of piperidine rings is 1. The minimum Gasteiger partial charge on any atom is -0.338 e. The molecule has 0 bridgehead atoms. The molecule has 2 amide bonds. The Morgan fingerprint density at radius 3 is 2.70 bits per heavy atom. The lowest BCUT2D eigenvalue weighted by Gasteiger charge is -2.31. The lowest BCUT2D eigenvalue weighted by molar-refractivity contribution is -0.130. The molecule has 6 heteroatoms. The summed E-state index contributed by atoms with van der Waals surface area (Å²) in [7, 11) is 0. The van der Waals surface area contributed by atoms with E-state index in [1.54, 1.807) is 17.0 Å². The topological polar surface area (TPSA) is 49.4 Å². The predicted molar refractivity (Wildman–Crippen MR) is 105 cm³/mol. The molecule has 4 nitrogen and oxygen atoms in total. The SMILES string of the molecule is O=C(Nc1ccccc1)C1CCCN(C(=O)/C=C/c2ccc(F)c(Cl)c2)C1. The van der Waals surface area contributed by atoms with Crippen LogP contribution >= 0.6 is 11.6 Å². The van der Waals surface area contributed by atoms with E-state index in [0.717, 1.165) is 18.5 Å². The van der Waals surface area contributed by atoms with Crippen LogP contribution in [0.4, 0.5) is 10.1 Å². The van der Waals surface area contributed by atoms with Crippen LogP contribution in [-0.4, -0.2) is 29.8 Å². The van der Waals surface area contributed by atoms with Crippen LogP contribution in [-0.2, 0) is 9.59 Å². The smallest absolute Gasteiger partial charge is 0.246 e. The summed E-state index contributed by atoms with van der Waals surface area (Å²) in [6.07, 6.45) is 4.55. The van der Waals surface area contributed by atoms with E-state index >= 15 is 0 Å². The van der Waals surface area contributed by atoms with Crippen molar-refractivity contribution >= 4 is 35.2 Å². The largest absolute Gasteiger partial charge is 0.338 e. The lowest BCUT2D eigenvalue weighted by Crippen LogP contribution is -2.43. The molecule has 0 radical (unpaired) electrons. The van der Waals surface area contributed by atoms with Gasteiger partial charge in [0.05, 0.1) is 10.9 Å². The Labute approximate surface area is 162 Å². The van der Waals surface area contributed by atoms with Gasteiger partial charge in [-0.1, -0.05) is 35.9 Å². The Hall–Kier alpha value is -2.66. The zero-order valence-electron chi connectivity index (χ0n) is 14.7. The first kappa shape index (κ1) is 19.1. The molecule has 0 aliphatic carbocycles. The van der Waals surface area contributed by atoms with E-state index in [4.69, 9.17) is 11.6 Å². The molecule has 1 N–H and O–H groups in total. The minimum atomic E-state index is -0.497. The van der Waals surface area contributed by atoms with Gasteiger partial charge in [-0.05, 0) is 48.7 Å². The molecule has 1 fully saturated rings. The van der Waals surface area contributed by atoms with E-state index in [1.807, 2.05) is 30.3 Å².